The lowest BCUT2D eigenvalue weighted by Crippen LogP contribution is -2.26. The van der Waals surface area contributed by atoms with Crippen molar-refractivity contribution in [2.75, 3.05) is 23.9 Å². The van der Waals surface area contributed by atoms with Gasteiger partial charge in [0.1, 0.15) is 12.4 Å². The number of thioether (sulfide) groups is 2. The molecule has 0 aliphatic carbocycles. The molecule has 0 atom stereocenters. The van der Waals surface area contributed by atoms with Crippen molar-refractivity contribution < 1.29 is 9.53 Å². The zero-order chi connectivity index (χ0) is 23.7. The SMILES string of the molecule is CC(C)(C)c1ccc(OCc2nnc(SCC(=O)NCCCSc3ccccc3)n2N)cc1. The van der Waals surface area contributed by atoms with Crippen molar-refractivity contribution in [3.05, 3.63) is 66.0 Å². The van der Waals surface area contributed by atoms with E-state index in [-0.39, 0.29) is 23.7 Å². The summed E-state index contributed by atoms with van der Waals surface area (Å²) in [4.78, 5) is 13.4. The predicted octanol–water partition coefficient (Wildman–Crippen LogP) is 4.26. The van der Waals surface area contributed by atoms with E-state index in [1.165, 1.54) is 26.9 Å². The number of amides is 1. The summed E-state index contributed by atoms with van der Waals surface area (Å²) in [5, 5.41) is 11.6. The topological polar surface area (TPSA) is 95.1 Å². The van der Waals surface area contributed by atoms with Gasteiger partial charge in [0.2, 0.25) is 11.1 Å². The number of rotatable bonds is 11. The van der Waals surface area contributed by atoms with Crippen molar-refractivity contribution in [2.24, 2.45) is 0 Å². The maximum absolute atomic E-state index is 12.1. The fourth-order valence-corrected chi connectivity index (χ4v) is 4.47. The molecule has 0 saturated carbocycles. The molecule has 3 rings (SSSR count). The normalized spacial score (nSPS) is 11.4. The van der Waals surface area contributed by atoms with Gasteiger partial charge < -0.3 is 15.9 Å². The van der Waals surface area contributed by atoms with Crippen LogP contribution in [0.25, 0.3) is 0 Å². The summed E-state index contributed by atoms with van der Waals surface area (Å²) in [6.45, 7) is 7.35. The summed E-state index contributed by atoms with van der Waals surface area (Å²) in [5.41, 5.74) is 1.33. The number of benzene rings is 2. The van der Waals surface area contributed by atoms with Crippen LogP contribution in [0.3, 0.4) is 0 Å². The van der Waals surface area contributed by atoms with Crippen LogP contribution in [-0.4, -0.2) is 38.8 Å². The largest absolute Gasteiger partial charge is 0.486 e. The van der Waals surface area contributed by atoms with Gasteiger partial charge >= 0.3 is 0 Å². The van der Waals surface area contributed by atoms with Crippen LogP contribution in [0, 0.1) is 0 Å². The number of hydrogen-bond donors (Lipinski definition) is 2. The Morgan fingerprint density at radius 1 is 1.06 bits per heavy atom. The Labute approximate surface area is 203 Å². The molecule has 1 amide bonds. The predicted molar refractivity (Wildman–Crippen MR) is 135 cm³/mol. The van der Waals surface area contributed by atoms with Gasteiger partial charge in [-0.2, -0.15) is 0 Å². The lowest BCUT2D eigenvalue weighted by molar-refractivity contribution is -0.118. The fraction of sp³-hybridized carbons (Fsp3) is 0.375. The average molecular weight is 486 g/mol. The standard InChI is InChI=1S/C24H31N5O2S2/c1-24(2,3)18-10-12-19(13-11-18)31-16-21-27-28-23(29(21)25)33-17-22(30)26-14-7-15-32-20-8-5-4-6-9-20/h4-6,8-13H,7,14-17,25H2,1-3H3,(H,26,30). The molecule has 3 aromatic rings. The van der Waals surface area contributed by atoms with E-state index in [0.717, 1.165) is 17.9 Å². The summed E-state index contributed by atoms with van der Waals surface area (Å²) in [6, 6.07) is 18.2. The molecule has 33 heavy (non-hydrogen) atoms. The molecule has 0 aliphatic heterocycles. The number of nitrogens with two attached hydrogens (primary N) is 1. The number of ether oxygens (including phenoxy) is 1. The Balaban J connectivity index is 1.36. The van der Waals surface area contributed by atoms with Crippen molar-refractivity contribution in [3.63, 3.8) is 0 Å². The van der Waals surface area contributed by atoms with E-state index in [1.54, 1.807) is 11.8 Å². The van der Waals surface area contributed by atoms with Crippen LogP contribution < -0.4 is 15.9 Å². The molecule has 0 unspecified atom stereocenters. The number of nitrogen functional groups attached to an aromatic ring is 1. The number of aromatic nitrogens is 3. The summed E-state index contributed by atoms with van der Waals surface area (Å²) in [7, 11) is 0. The first-order chi connectivity index (χ1) is 15.8. The van der Waals surface area contributed by atoms with Gasteiger partial charge in [-0.25, -0.2) is 4.68 Å². The molecule has 9 heteroatoms. The Morgan fingerprint density at radius 2 is 1.79 bits per heavy atom. The number of carbonyl (C=O) groups excluding carboxylic acids is 1. The van der Waals surface area contributed by atoms with Gasteiger partial charge in [-0.15, -0.1) is 22.0 Å². The van der Waals surface area contributed by atoms with Gasteiger partial charge in [-0.1, -0.05) is 62.9 Å². The first-order valence-electron chi connectivity index (χ1n) is 10.8. The number of hydrogen-bond acceptors (Lipinski definition) is 7. The maximum atomic E-state index is 12.1. The summed E-state index contributed by atoms with van der Waals surface area (Å²) in [5.74, 6) is 8.46. The van der Waals surface area contributed by atoms with Gasteiger partial charge in [-0.05, 0) is 47.4 Å². The second kappa shape index (κ2) is 12.0. The lowest BCUT2D eigenvalue weighted by atomic mass is 9.87. The van der Waals surface area contributed by atoms with Gasteiger partial charge in [-0.3, -0.25) is 4.79 Å². The Bertz CT molecular complexity index is 1020. The van der Waals surface area contributed by atoms with E-state index in [4.69, 9.17) is 10.6 Å². The first kappa shape index (κ1) is 25.0. The van der Waals surface area contributed by atoms with E-state index in [2.05, 4.69) is 60.6 Å². The monoisotopic (exact) mass is 485 g/mol. The van der Waals surface area contributed by atoms with Crippen molar-refractivity contribution >= 4 is 29.4 Å². The number of nitrogens with one attached hydrogen (secondary N) is 1. The second-order valence-corrected chi connectivity index (χ2v) is 10.6. The molecule has 3 N–H and O–H groups in total. The fourth-order valence-electron chi connectivity index (χ4n) is 2.89. The van der Waals surface area contributed by atoms with E-state index < -0.39 is 0 Å². The zero-order valence-corrected chi connectivity index (χ0v) is 20.9. The third-order valence-corrected chi connectivity index (χ3v) is 6.85. The highest BCUT2D eigenvalue weighted by Crippen LogP contribution is 2.24. The number of carbonyl (C=O) groups is 1. The van der Waals surface area contributed by atoms with Crippen LogP contribution in [0.15, 0.2) is 64.6 Å². The molecule has 0 saturated heterocycles. The van der Waals surface area contributed by atoms with Crippen LogP contribution in [0.1, 0.15) is 38.6 Å². The van der Waals surface area contributed by atoms with E-state index in [0.29, 0.717) is 17.5 Å². The molecular weight excluding hydrogens is 454 g/mol. The molecule has 0 fully saturated rings. The molecule has 1 heterocycles. The molecule has 0 bridgehead atoms. The lowest BCUT2D eigenvalue weighted by Gasteiger charge is -2.19. The van der Waals surface area contributed by atoms with Crippen LogP contribution in [0.2, 0.25) is 0 Å². The van der Waals surface area contributed by atoms with Crippen molar-refractivity contribution in [1.29, 1.82) is 0 Å². The van der Waals surface area contributed by atoms with E-state index in [1.807, 2.05) is 30.3 Å². The number of nitrogens with zero attached hydrogens (tertiary/aromatic N) is 3. The van der Waals surface area contributed by atoms with Crippen LogP contribution in [0.4, 0.5) is 0 Å². The molecule has 7 nitrogen and oxygen atoms in total. The quantitative estimate of drug-likeness (QED) is 0.238. The highest BCUT2D eigenvalue weighted by Gasteiger charge is 2.15. The smallest absolute Gasteiger partial charge is 0.230 e. The van der Waals surface area contributed by atoms with Crippen molar-refractivity contribution in [1.82, 2.24) is 20.2 Å². The summed E-state index contributed by atoms with van der Waals surface area (Å²) < 4.78 is 7.17. The summed E-state index contributed by atoms with van der Waals surface area (Å²) >= 11 is 3.04. The van der Waals surface area contributed by atoms with Gasteiger partial charge in [0.15, 0.2) is 5.82 Å². The third kappa shape index (κ3) is 8.01. The zero-order valence-electron chi connectivity index (χ0n) is 19.3. The minimum atomic E-state index is -0.0514. The molecule has 0 radical (unpaired) electrons. The van der Waals surface area contributed by atoms with Gasteiger partial charge in [0.25, 0.3) is 0 Å². The van der Waals surface area contributed by atoms with E-state index >= 15 is 0 Å². The third-order valence-electron chi connectivity index (χ3n) is 4.81. The molecule has 1 aromatic heterocycles. The molecule has 176 valence electrons. The van der Waals surface area contributed by atoms with Crippen molar-refractivity contribution in [3.8, 4) is 5.75 Å². The highest BCUT2D eigenvalue weighted by molar-refractivity contribution is 7.99. The summed E-state index contributed by atoms with van der Waals surface area (Å²) in [6.07, 6.45) is 0.904. The minimum Gasteiger partial charge on any atom is -0.486 e. The Morgan fingerprint density at radius 3 is 2.48 bits per heavy atom. The molecule has 0 spiro atoms. The van der Waals surface area contributed by atoms with Crippen LogP contribution in [0.5, 0.6) is 5.75 Å². The van der Waals surface area contributed by atoms with Crippen LogP contribution in [-0.2, 0) is 16.8 Å². The van der Waals surface area contributed by atoms with E-state index in [9.17, 15) is 4.79 Å². The van der Waals surface area contributed by atoms with Gasteiger partial charge in [0.05, 0.1) is 5.75 Å². The first-order valence-corrected chi connectivity index (χ1v) is 12.8. The highest BCUT2D eigenvalue weighted by atomic mass is 32.2. The van der Waals surface area contributed by atoms with Gasteiger partial charge in [0, 0.05) is 11.4 Å². The van der Waals surface area contributed by atoms with Crippen molar-refractivity contribution in [2.45, 2.75) is 49.3 Å². The Hall–Kier alpha value is -2.65. The minimum absolute atomic E-state index is 0.0514. The maximum Gasteiger partial charge on any atom is 0.230 e. The second-order valence-electron chi connectivity index (χ2n) is 8.49. The molecular formula is C24H31N5O2S2. The average Bonchev–Trinajstić information content (AvgIpc) is 3.15. The Kier molecular flexibility index (Phi) is 9.08. The van der Waals surface area contributed by atoms with Crippen LogP contribution >= 0.6 is 23.5 Å². The molecule has 2 aromatic carbocycles. The molecule has 0 aliphatic rings.